The third kappa shape index (κ3) is 3.47. The SMILES string of the molecule is CCC(C)(NC(=O)c1cncc(Br)c1)C(N)=S. The van der Waals surface area contributed by atoms with Gasteiger partial charge in [0, 0.05) is 16.9 Å². The largest absolute Gasteiger partial charge is 0.391 e. The van der Waals surface area contributed by atoms with Crippen molar-refractivity contribution in [2.24, 2.45) is 5.73 Å². The molecule has 92 valence electrons. The number of nitrogens with one attached hydrogen (secondary N) is 1. The highest BCUT2D eigenvalue weighted by atomic mass is 79.9. The second kappa shape index (κ2) is 5.55. The third-order valence-electron chi connectivity index (χ3n) is 2.61. The van der Waals surface area contributed by atoms with Gasteiger partial charge in [0.15, 0.2) is 0 Å². The molecule has 1 rings (SSSR count). The fourth-order valence-electron chi connectivity index (χ4n) is 1.18. The Morgan fingerprint density at radius 1 is 1.65 bits per heavy atom. The van der Waals surface area contributed by atoms with Gasteiger partial charge in [0.1, 0.15) is 0 Å². The summed E-state index contributed by atoms with van der Waals surface area (Å²) in [5.74, 6) is -0.240. The molecule has 0 radical (unpaired) electrons. The number of carbonyl (C=O) groups excluding carboxylic acids is 1. The lowest BCUT2D eigenvalue weighted by Gasteiger charge is -2.28. The minimum absolute atomic E-state index is 0.240. The summed E-state index contributed by atoms with van der Waals surface area (Å²) >= 11 is 8.22. The molecule has 17 heavy (non-hydrogen) atoms. The van der Waals surface area contributed by atoms with Crippen LogP contribution in [0.15, 0.2) is 22.9 Å². The number of amides is 1. The number of rotatable bonds is 4. The molecular formula is C11H14BrN3OS. The maximum absolute atomic E-state index is 12.0. The molecule has 0 fully saturated rings. The van der Waals surface area contributed by atoms with E-state index in [4.69, 9.17) is 18.0 Å². The van der Waals surface area contributed by atoms with Crippen LogP contribution in [0.4, 0.5) is 0 Å². The van der Waals surface area contributed by atoms with E-state index in [2.05, 4.69) is 26.2 Å². The van der Waals surface area contributed by atoms with E-state index in [1.807, 2.05) is 6.92 Å². The molecule has 0 aromatic carbocycles. The van der Waals surface area contributed by atoms with Crippen LogP contribution < -0.4 is 11.1 Å². The number of halogens is 1. The summed E-state index contributed by atoms with van der Waals surface area (Å²) in [6.07, 6.45) is 3.74. The number of aromatic nitrogens is 1. The number of hydrogen-bond donors (Lipinski definition) is 2. The zero-order valence-electron chi connectivity index (χ0n) is 9.66. The van der Waals surface area contributed by atoms with E-state index in [-0.39, 0.29) is 10.9 Å². The van der Waals surface area contributed by atoms with Gasteiger partial charge in [0.25, 0.3) is 5.91 Å². The summed E-state index contributed by atoms with van der Waals surface area (Å²) in [6, 6.07) is 1.69. The summed E-state index contributed by atoms with van der Waals surface area (Å²) in [4.78, 5) is 16.2. The summed E-state index contributed by atoms with van der Waals surface area (Å²) < 4.78 is 0.749. The molecule has 4 nitrogen and oxygen atoms in total. The van der Waals surface area contributed by atoms with E-state index in [9.17, 15) is 4.79 Å². The van der Waals surface area contributed by atoms with Gasteiger partial charge in [-0.05, 0) is 35.3 Å². The predicted molar refractivity (Wildman–Crippen MR) is 74.9 cm³/mol. The molecular weight excluding hydrogens is 302 g/mol. The van der Waals surface area contributed by atoms with Crippen LogP contribution in [0, 0.1) is 0 Å². The Kier molecular flexibility index (Phi) is 4.59. The Hall–Kier alpha value is -1.01. The number of carbonyl (C=O) groups is 1. The van der Waals surface area contributed by atoms with E-state index in [0.29, 0.717) is 12.0 Å². The van der Waals surface area contributed by atoms with Crippen molar-refractivity contribution in [2.45, 2.75) is 25.8 Å². The van der Waals surface area contributed by atoms with Gasteiger partial charge in [0.05, 0.1) is 16.1 Å². The van der Waals surface area contributed by atoms with Crippen molar-refractivity contribution < 1.29 is 4.79 Å². The smallest absolute Gasteiger partial charge is 0.253 e. The van der Waals surface area contributed by atoms with Crippen molar-refractivity contribution in [3.05, 3.63) is 28.5 Å². The van der Waals surface area contributed by atoms with E-state index in [0.717, 1.165) is 4.47 Å². The van der Waals surface area contributed by atoms with Crippen LogP contribution in [0.2, 0.25) is 0 Å². The molecule has 1 unspecified atom stereocenters. The monoisotopic (exact) mass is 315 g/mol. The number of nitrogens with two attached hydrogens (primary N) is 1. The maximum Gasteiger partial charge on any atom is 0.253 e. The van der Waals surface area contributed by atoms with Crippen molar-refractivity contribution in [3.8, 4) is 0 Å². The standard InChI is InChI=1S/C11H14BrN3OS/c1-3-11(2,10(13)17)15-9(16)7-4-8(12)6-14-5-7/h4-6H,3H2,1-2H3,(H2,13,17)(H,15,16). The number of nitrogens with zero attached hydrogens (tertiary/aromatic N) is 1. The van der Waals surface area contributed by atoms with Gasteiger partial charge in [-0.1, -0.05) is 19.1 Å². The van der Waals surface area contributed by atoms with E-state index < -0.39 is 5.54 Å². The van der Waals surface area contributed by atoms with Gasteiger partial charge >= 0.3 is 0 Å². The molecule has 1 amide bonds. The highest BCUT2D eigenvalue weighted by Gasteiger charge is 2.28. The van der Waals surface area contributed by atoms with E-state index >= 15 is 0 Å². The van der Waals surface area contributed by atoms with Crippen molar-refractivity contribution >= 4 is 39.0 Å². The molecule has 0 aliphatic rings. The maximum atomic E-state index is 12.0. The quantitative estimate of drug-likeness (QED) is 0.834. The zero-order chi connectivity index (χ0) is 13.1. The predicted octanol–water partition coefficient (Wildman–Crippen LogP) is 2.03. The van der Waals surface area contributed by atoms with Crippen molar-refractivity contribution in [2.75, 3.05) is 0 Å². The molecule has 0 aliphatic heterocycles. The molecule has 3 N–H and O–H groups in total. The molecule has 0 aliphatic carbocycles. The lowest BCUT2D eigenvalue weighted by atomic mass is 9.98. The summed E-state index contributed by atoms with van der Waals surface area (Å²) in [6.45, 7) is 3.72. The highest BCUT2D eigenvalue weighted by Crippen LogP contribution is 2.13. The number of pyridine rings is 1. The first-order chi connectivity index (χ1) is 7.89. The topological polar surface area (TPSA) is 68.0 Å². The Balaban J connectivity index is 2.89. The third-order valence-corrected chi connectivity index (χ3v) is 3.49. The van der Waals surface area contributed by atoms with Crippen LogP contribution in [0.1, 0.15) is 30.6 Å². The Labute approximate surface area is 114 Å². The summed E-state index contributed by atoms with van der Waals surface area (Å²) in [5, 5.41) is 2.82. The number of hydrogen-bond acceptors (Lipinski definition) is 3. The van der Waals surface area contributed by atoms with E-state index in [1.54, 1.807) is 19.2 Å². The fraction of sp³-hybridized carbons (Fsp3) is 0.364. The summed E-state index contributed by atoms with van der Waals surface area (Å²) in [5.41, 5.74) is 5.43. The first-order valence-electron chi connectivity index (χ1n) is 5.12. The van der Waals surface area contributed by atoms with Crippen LogP contribution in [-0.4, -0.2) is 21.4 Å². The average Bonchev–Trinajstić information content (AvgIpc) is 2.28. The lowest BCUT2D eigenvalue weighted by Crippen LogP contribution is -2.54. The highest BCUT2D eigenvalue weighted by molar-refractivity contribution is 9.10. The molecule has 1 aromatic heterocycles. The van der Waals surface area contributed by atoms with Crippen LogP contribution in [0.25, 0.3) is 0 Å². The lowest BCUT2D eigenvalue weighted by molar-refractivity contribution is 0.0926. The van der Waals surface area contributed by atoms with Crippen LogP contribution in [0.3, 0.4) is 0 Å². The zero-order valence-corrected chi connectivity index (χ0v) is 12.1. The van der Waals surface area contributed by atoms with Crippen molar-refractivity contribution in [3.63, 3.8) is 0 Å². The Morgan fingerprint density at radius 3 is 2.76 bits per heavy atom. The van der Waals surface area contributed by atoms with Gasteiger partial charge in [0.2, 0.25) is 0 Å². The molecule has 1 atom stereocenters. The van der Waals surface area contributed by atoms with Crippen LogP contribution in [0.5, 0.6) is 0 Å². The molecule has 1 heterocycles. The Bertz CT molecular complexity index is 452. The van der Waals surface area contributed by atoms with Gasteiger partial charge in [-0.15, -0.1) is 0 Å². The van der Waals surface area contributed by atoms with Crippen molar-refractivity contribution in [1.29, 1.82) is 0 Å². The van der Waals surface area contributed by atoms with Gasteiger partial charge in [-0.2, -0.15) is 0 Å². The second-order valence-electron chi connectivity index (χ2n) is 3.90. The first kappa shape index (κ1) is 14.1. The molecule has 0 bridgehead atoms. The molecule has 0 spiro atoms. The summed E-state index contributed by atoms with van der Waals surface area (Å²) in [7, 11) is 0. The minimum atomic E-state index is -0.672. The van der Waals surface area contributed by atoms with Crippen LogP contribution >= 0.6 is 28.1 Å². The van der Waals surface area contributed by atoms with Crippen LogP contribution in [-0.2, 0) is 0 Å². The first-order valence-corrected chi connectivity index (χ1v) is 6.32. The van der Waals surface area contributed by atoms with Crippen molar-refractivity contribution in [1.82, 2.24) is 10.3 Å². The minimum Gasteiger partial charge on any atom is -0.391 e. The number of thiocarbonyl (C=S) groups is 1. The molecule has 0 saturated heterocycles. The molecule has 6 heteroatoms. The van der Waals surface area contributed by atoms with E-state index in [1.165, 1.54) is 6.20 Å². The molecule has 0 saturated carbocycles. The Morgan fingerprint density at radius 2 is 2.29 bits per heavy atom. The molecule has 1 aromatic rings. The second-order valence-corrected chi connectivity index (χ2v) is 5.25. The van der Waals surface area contributed by atoms with Gasteiger partial charge in [-0.25, -0.2) is 0 Å². The van der Waals surface area contributed by atoms with Gasteiger partial charge in [-0.3, -0.25) is 9.78 Å². The van der Waals surface area contributed by atoms with Gasteiger partial charge < -0.3 is 11.1 Å². The normalized spacial score (nSPS) is 13.8. The fourth-order valence-corrected chi connectivity index (χ4v) is 1.74. The average molecular weight is 316 g/mol.